The van der Waals surface area contributed by atoms with Crippen molar-refractivity contribution >= 4 is 40.6 Å². The smallest absolute Gasteiger partial charge is 0.326 e. The van der Waals surface area contributed by atoms with Crippen LogP contribution in [-0.2, 0) is 5.60 Å². The summed E-state index contributed by atoms with van der Waals surface area (Å²) in [6.45, 7) is 3.71. The Balaban J connectivity index is 1.91. The first kappa shape index (κ1) is 21.2. The lowest BCUT2D eigenvalue weighted by Crippen LogP contribution is -2.44. The third-order valence-corrected chi connectivity index (χ3v) is 5.09. The molecule has 0 aromatic heterocycles. The van der Waals surface area contributed by atoms with Crippen LogP contribution in [0.3, 0.4) is 0 Å². The maximum atomic E-state index is 13.1. The van der Waals surface area contributed by atoms with E-state index in [0.717, 1.165) is 11.1 Å². The van der Waals surface area contributed by atoms with Crippen LogP contribution in [0.5, 0.6) is 0 Å². The van der Waals surface area contributed by atoms with Crippen molar-refractivity contribution in [2.45, 2.75) is 19.4 Å². The van der Waals surface area contributed by atoms with Crippen LogP contribution in [0, 0.1) is 6.92 Å². The zero-order chi connectivity index (χ0) is 21.0. The molecule has 0 saturated heterocycles. The molecule has 0 heterocycles. The molecule has 2 amide bonds. The highest BCUT2D eigenvalue weighted by Crippen LogP contribution is 2.27. The Morgan fingerprint density at radius 2 is 1.59 bits per heavy atom. The van der Waals surface area contributed by atoms with Gasteiger partial charge in [-0.15, -0.1) is 0 Å². The Bertz CT molecular complexity index is 987. The summed E-state index contributed by atoms with van der Waals surface area (Å²) < 4.78 is 0. The minimum Gasteiger partial charge on any atom is -0.384 e. The number of hydrogen-bond acceptors (Lipinski definition) is 2. The predicted octanol–water partition coefficient (Wildman–Crippen LogP) is 6.25. The Hall–Kier alpha value is -2.53. The minimum atomic E-state index is -1.26. The number of hydrogen-bond donors (Lipinski definition) is 2. The van der Waals surface area contributed by atoms with Crippen molar-refractivity contribution in [1.82, 2.24) is 0 Å². The van der Waals surface area contributed by atoms with Gasteiger partial charge in [0.2, 0.25) is 0 Å². The van der Waals surface area contributed by atoms with Gasteiger partial charge in [-0.05, 0) is 67.9 Å². The van der Waals surface area contributed by atoms with Crippen molar-refractivity contribution < 1.29 is 9.90 Å². The van der Waals surface area contributed by atoms with E-state index < -0.39 is 5.60 Å². The molecule has 3 aromatic carbocycles. The van der Waals surface area contributed by atoms with E-state index in [9.17, 15) is 9.90 Å². The molecule has 3 aromatic rings. The Morgan fingerprint density at radius 1 is 1.00 bits per heavy atom. The molecule has 0 aliphatic carbocycles. The SMILES string of the molecule is Cc1cccc(C(C)(O)CN(C(=O)Nc2ccc(Cl)cc2)c2ccc(Cl)cc2)c1. The van der Waals surface area contributed by atoms with Crippen molar-refractivity contribution in [2.75, 3.05) is 16.8 Å². The summed E-state index contributed by atoms with van der Waals surface area (Å²) in [6.07, 6.45) is 0. The van der Waals surface area contributed by atoms with E-state index >= 15 is 0 Å². The molecule has 2 N–H and O–H groups in total. The van der Waals surface area contributed by atoms with E-state index in [0.29, 0.717) is 21.4 Å². The van der Waals surface area contributed by atoms with Gasteiger partial charge in [-0.2, -0.15) is 0 Å². The third kappa shape index (κ3) is 5.51. The summed E-state index contributed by atoms with van der Waals surface area (Å²) in [6, 6.07) is 21.0. The predicted molar refractivity (Wildman–Crippen MR) is 120 cm³/mol. The highest BCUT2D eigenvalue weighted by Gasteiger charge is 2.30. The van der Waals surface area contributed by atoms with Gasteiger partial charge in [-0.25, -0.2) is 4.79 Å². The largest absolute Gasteiger partial charge is 0.384 e. The molecular weight excluding hydrogens is 407 g/mol. The summed E-state index contributed by atoms with van der Waals surface area (Å²) in [7, 11) is 0. The zero-order valence-electron chi connectivity index (χ0n) is 16.2. The van der Waals surface area contributed by atoms with Crippen LogP contribution >= 0.6 is 23.2 Å². The number of anilines is 2. The van der Waals surface area contributed by atoms with Crippen LogP contribution in [0.25, 0.3) is 0 Å². The van der Waals surface area contributed by atoms with E-state index in [1.165, 1.54) is 4.90 Å². The van der Waals surface area contributed by atoms with Crippen molar-refractivity contribution in [2.24, 2.45) is 0 Å². The zero-order valence-corrected chi connectivity index (χ0v) is 17.7. The summed E-state index contributed by atoms with van der Waals surface area (Å²) >= 11 is 11.9. The molecule has 4 nitrogen and oxygen atoms in total. The number of carbonyl (C=O) groups excluding carboxylic acids is 1. The van der Waals surface area contributed by atoms with Crippen LogP contribution in [0.2, 0.25) is 10.0 Å². The van der Waals surface area contributed by atoms with Gasteiger partial charge in [0.25, 0.3) is 0 Å². The number of aryl methyl sites for hydroxylation is 1. The second-order valence-electron chi connectivity index (χ2n) is 7.14. The standard InChI is InChI=1S/C23H22Cl2N2O2/c1-16-4-3-5-17(14-16)23(2,29)15-27(21-12-8-19(25)9-13-21)22(28)26-20-10-6-18(24)7-11-20/h3-14,29H,15H2,1-2H3,(H,26,28). The number of urea groups is 1. The van der Waals surface area contributed by atoms with Crippen molar-refractivity contribution in [1.29, 1.82) is 0 Å². The topological polar surface area (TPSA) is 52.6 Å². The molecule has 0 aliphatic rings. The lowest BCUT2D eigenvalue weighted by atomic mass is 9.94. The van der Waals surface area contributed by atoms with Crippen LogP contribution < -0.4 is 10.2 Å². The molecule has 1 atom stereocenters. The monoisotopic (exact) mass is 428 g/mol. The number of carbonyl (C=O) groups is 1. The van der Waals surface area contributed by atoms with Crippen molar-refractivity contribution in [3.63, 3.8) is 0 Å². The van der Waals surface area contributed by atoms with Gasteiger partial charge in [-0.3, -0.25) is 4.90 Å². The fourth-order valence-electron chi connectivity index (χ4n) is 3.00. The lowest BCUT2D eigenvalue weighted by Gasteiger charge is -2.32. The number of halogens is 2. The van der Waals surface area contributed by atoms with Gasteiger partial charge in [0.1, 0.15) is 5.60 Å². The number of aliphatic hydroxyl groups is 1. The fourth-order valence-corrected chi connectivity index (χ4v) is 3.26. The highest BCUT2D eigenvalue weighted by atomic mass is 35.5. The van der Waals surface area contributed by atoms with Gasteiger partial charge in [0.15, 0.2) is 0 Å². The first-order valence-electron chi connectivity index (χ1n) is 9.14. The van der Waals surface area contributed by atoms with Crippen LogP contribution in [0.15, 0.2) is 72.8 Å². The third-order valence-electron chi connectivity index (χ3n) is 4.58. The van der Waals surface area contributed by atoms with E-state index in [1.807, 2.05) is 31.2 Å². The molecular formula is C23H22Cl2N2O2. The van der Waals surface area contributed by atoms with E-state index in [-0.39, 0.29) is 12.6 Å². The molecule has 0 fully saturated rings. The Kier molecular flexibility index (Phi) is 6.48. The fraction of sp³-hybridized carbons (Fsp3) is 0.174. The molecule has 0 spiro atoms. The minimum absolute atomic E-state index is 0.0531. The van der Waals surface area contributed by atoms with Gasteiger partial charge in [-0.1, -0.05) is 53.0 Å². The van der Waals surface area contributed by atoms with Crippen molar-refractivity contribution in [3.8, 4) is 0 Å². The molecule has 150 valence electrons. The highest BCUT2D eigenvalue weighted by molar-refractivity contribution is 6.31. The van der Waals surface area contributed by atoms with Crippen LogP contribution in [0.4, 0.5) is 16.2 Å². The van der Waals surface area contributed by atoms with Crippen molar-refractivity contribution in [3.05, 3.63) is 94.0 Å². The average molecular weight is 429 g/mol. The number of nitrogens with zero attached hydrogens (tertiary/aromatic N) is 1. The molecule has 0 bridgehead atoms. The molecule has 6 heteroatoms. The van der Waals surface area contributed by atoms with Gasteiger partial charge < -0.3 is 10.4 Å². The molecule has 1 unspecified atom stereocenters. The molecule has 29 heavy (non-hydrogen) atoms. The molecule has 0 radical (unpaired) electrons. The van der Waals surface area contributed by atoms with Gasteiger partial charge >= 0.3 is 6.03 Å². The van der Waals surface area contributed by atoms with Crippen LogP contribution in [-0.4, -0.2) is 17.7 Å². The summed E-state index contributed by atoms with van der Waals surface area (Å²) in [5.74, 6) is 0. The van der Waals surface area contributed by atoms with Gasteiger partial charge in [0, 0.05) is 21.4 Å². The number of amides is 2. The molecule has 0 saturated carbocycles. The first-order chi connectivity index (χ1) is 13.7. The lowest BCUT2D eigenvalue weighted by molar-refractivity contribution is 0.0660. The average Bonchev–Trinajstić information content (AvgIpc) is 2.69. The summed E-state index contributed by atoms with van der Waals surface area (Å²) in [4.78, 5) is 14.6. The Labute approximate surface area is 180 Å². The quantitative estimate of drug-likeness (QED) is 0.504. The van der Waals surface area contributed by atoms with E-state index in [1.54, 1.807) is 55.5 Å². The molecule has 3 rings (SSSR count). The maximum absolute atomic E-state index is 13.1. The normalized spacial score (nSPS) is 12.9. The number of benzene rings is 3. The second-order valence-corrected chi connectivity index (χ2v) is 8.02. The second kappa shape index (κ2) is 8.87. The maximum Gasteiger partial charge on any atom is 0.326 e. The van der Waals surface area contributed by atoms with Crippen LogP contribution in [0.1, 0.15) is 18.1 Å². The molecule has 0 aliphatic heterocycles. The van der Waals surface area contributed by atoms with E-state index in [2.05, 4.69) is 5.32 Å². The van der Waals surface area contributed by atoms with E-state index in [4.69, 9.17) is 23.2 Å². The first-order valence-corrected chi connectivity index (χ1v) is 9.89. The number of nitrogens with one attached hydrogen (secondary N) is 1. The summed E-state index contributed by atoms with van der Waals surface area (Å²) in [5.41, 5.74) is 1.73. The Morgan fingerprint density at radius 3 is 2.17 bits per heavy atom. The number of rotatable bonds is 5. The van der Waals surface area contributed by atoms with Gasteiger partial charge in [0.05, 0.1) is 6.54 Å². The summed E-state index contributed by atoms with van der Waals surface area (Å²) in [5, 5.41) is 15.2.